The van der Waals surface area contributed by atoms with Gasteiger partial charge in [0, 0.05) is 32.3 Å². The maximum atomic E-state index is 12.8. The maximum absolute atomic E-state index is 12.8. The molecule has 28 heavy (non-hydrogen) atoms. The lowest BCUT2D eigenvalue weighted by Gasteiger charge is -2.24. The van der Waals surface area contributed by atoms with Gasteiger partial charge < -0.3 is 14.5 Å². The van der Waals surface area contributed by atoms with Crippen LogP contribution >= 0.6 is 0 Å². The molecule has 1 unspecified atom stereocenters. The summed E-state index contributed by atoms with van der Waals surface area (Å²) in [6.07, 6.45) is 2.65. The number of anilines is 1. The van der Waals surface area contributed by atoms with Crippen molar-refractivity contribution in [2.75, 3.05) is 32.2 Å². The maximum Gasteiger partial charge on any atom is 0.255 e. The normalized spacial score (nSPS) is 16.3. The van der Waals surface area contributed by atoms with Gasteiger partial charge in [-0.2, -0.15) is 0 Å². The van der Waals surface area contributed by atoms with Crippen molar-refractivity contribution in [3.05, 3.63) is 66.0 Å². The molecule has 144 valence electrons. The minimum absolute atomic E-state index is 0.0686. The first kappa shape index (κ1) is 18.4. The lowest BCUT2D eigenvalue weighted by Crippen LogP contribution is -2.32. The van der Waals surface area contributed by atoms with Gasteiger partial charge in [-0.05, 0) is 30.7 Å². The van der Waals surface area contributed by atoms with Gasteiger partial charge in [0.15, 0.2) is 0 Å². The second-order valence-electron chi connectivity index (χ2n) is 7.19. The van der Waals surface area contributed by atoms with Crippen LogP contribution in [0.1, 0.15) is 22.5 Å². The van der Waals surface area contributed by atoms with Crippen LogP contribution in [-0.4, -0.2) is 54.1 Å². The fourth-order valence-corrected chi connectivity index (χ4v) is 3.47. The first-order valence-corrected chi connectivity index (χ1v) is 9.48. The van der Waals surface area contributed by atoms with Crippen molar-refractivity contribution in [2.24, 2.45) is 0 Å². The SMILES string of the molecule is CN(Cc1ccc2ccccc2n1)C(=O)c1ccc(N(C)C2CCOC2)nc1. The highest BCUT2D eigenvalue weighted by atomic mass is 16.5. The molecule has 0 spiro atoms. The van der Waals surface area contributed by atoms with E-state index in [2.05, 4.69) is 14.9 Å². The fraction of sp³-hybridized carbons (Fsp3) is 0.318. The Kier molecular flexibility index (Phi) is 5.21. The molecule has 1 fully saturated rings. The number of benzene rings is 1. The Labute approximate surface area is 164 Å². The van der Waals surface area contributed by atoms with Crippen LogP contribution in [-0.2, 0) is 11.3 Å². The number of hydrogen-bond acceptors (Lipinski definition) is 5. The van der Waals surface area contributed by atoms with Crippen molar-refractivity contribution in [1.82, 2.24) is 14.9 Å². The molecule has 1 aromatic carbocycles. The molecule has 4 rings (SSSR count). The number of amides is 1. The molecule has 3 heterocycles. The van der Waals surface area contributed by atoms with E-state index < -0.39 is 0 Å². The first-order chi connectivity index (χ1) is 13.6. The third-order valence-corrected chi connectivity index (χ3v) is 5.21. The molecule has 1 atom stereocenters. The molecule has 0 aliphatic carbocycles. The second kappa shape index (κ2) is 7.94. The number of likely N-dealkylation sites (N-methyl/N-ethyl adjacent to an activating group) is 1. The van der Waals surface area contributed by atoms with Crippen molar-refractivity contribution in [3.63, 3.8) is 0 Å². The molecule has 1 aliphatic heterocycles. The predicted molar refractivity (Wildman–Crippen MR) is 109 cm³/mol. The highest BCUT2D eigenvalue weighted by Gasteiger charge is 2.22. The molecule has 0 saturated carbocycles. The van der Waals surface area contributed by atoms with E-state index in [1.54, 1.807) is 18.1 Å². The number of carbonyl (C=O) groups excluding carboxylic acids is 1. The zero-order valence-corrected chi connectivity index (χ0v) is 16.2. The summed E-state index contributed by atoms with van der Waals surface area (Å²) in [5.74, 6) is 0.784. The molecule has 0 N–H and O–H groups in total. The summed E-state index contributed by atoms with van der Waals surface area (Å²) < 4.78 is 5.44. The Morgan fingerprint density at radius 3 is 2.75 bits per heavy atom. The van der Waals surface area contributed by atoms with E-state index in [-0.39, 0.29) is 5.91 Å². The van der Waals surface area contributed by atoms with E-state index in [4.69, 9.17) is 4.74 Å². The summed E-state index contributed by atoms with van der Waals surface area (Å²) in [4.78, 5) is 25.7. The predicted octanol–water partition coefficient (Wildman–Crippen LogP) is 3.13. The van der Waals surface area contributed by atoms with Gasteiger partial charge in [0.05, 0.1) is 36.0 Å². The summed E-state index contributed by atoms with van der Waals surface area (Å²) in [7, 11) is 3.80. The topological polar surface area (TPSA) is 58.6 Å². The zero-order valence-electron chi connectivity index (χ0n) is 16.2. The Bertz CT molecular complexity index is 968. The van der Waals surface area contributed by atoms with Crippen molar-refractivity contribution in [3.8, 4) is 0 Å². The molecule has 0 radical (unpaired) electrons. The molecule has 6 nitrogen and oxygen atoms in total. The number of aromatic nitrogens is 2. The van der Waals surface area contributed by atoms with Gasteiger partial charge in [-0.3, -0.25) is 9.78 Å². The first-order valence-electron chi connectivity index (χ1n) is 9.48. The van der Waals surface area contributed by atoms with Crippen LogP contribution < -0.4 is 4.90 Å². The van der Waals surface area contributed by atoms with Crippen LogP contribution in [0.5, 0.6) is 0 Å². The van der Waals surface area contributed by atoms with Crippen LogP contribution in [0.4, 0.5) is 5.82 Å². The highest BCUT2D eigenvalue weighted by Crippen LogP contribution is 2.19. The summed E-state index contributed by atoms with van der Waals surface area (Å²) >= 11 is 0. The molecule has 1 saturated heterocycles. The average Bonchev–Trinajstić information content (AvgIpc) is 3.27. The van der Waals surface area contributed by atoms with Gasteiger partial charge in [-0.25, -0.2) is 4.98 Å². The summed E-state index contributed by atoms with van der Waals surface area (Å²) in [5.41, 5.74) is 2.37. The monoisotopic (exact) mass is 376 g/mol. The zero-order chi connectivity index (χ0) is 19.5. The number of hydrogen-bond donors (Lipinski definition) is 0. The van der Waals surface area contributed by atoms with Crippen molar-refractivity contribution < 1.29 is 9.53 Å². The molecule has 2 aromatic heterocycles. The van der Waals surface area contributed by atoms with Crippen LogP contribution in [0.15, 0.2) is 54.7 Å². The molecule has 0 bridgehead atoms. The Morgan fingerprint density at radius 1 is 1.14 bits per heavy atom. The van der Waals surface area contributed by atoms with Gasteiger partial charge in [-0.15, -0.1) is 0 Å². The third-order valence-electron chi connectivity index (χ3n) is 5.21. The van der Waals surface area contributed by atoms with E-state index in [1.165, 1.54) is 0 Å². The highest BCUT2D eigenvalue weighted by molar-refractivity contribution is 5.94. The van der Waals surface area contributed by atoms with Gasteiger partial charge in [-0.1, -0.05) is 24.3 Å². The molecular weight excluding hydrogens is 352 g/mol. The molecule has 1 amide bonds. The number of pyridine rings is 2. The molecule has 3 aromatic rings. The smallest absolute Gasteiger partial charge is 0.255 e. The van der Waals surface area contributed by atoms with Crippen molar-refractivity contribution in [2.45, 2.75) is 19.0 Å². The van der Waals surface area contributed by atoms with Crippen molar-refractivity contribution in [1.29, 1.82) is 0 Å². The number of rotatable bonds is 5. The number of para-hydroxylation sites is 1. The molecular formula is C22H24N4O2. The van der Waals surface area contributed by atoms with Gasteiger partial charge in [0.2, 0.25) is 0 Å². The van der Waals surface area contributed by atoms with Gasteiger partial charge >= 0.3 is 0 Å². The Morgan fingerprint density at radius 2 is 2.00 bits per heavy atom. The lowest BCUT2D eigenvalue weighted by molar-refractivity contribution is 0.0783. The minimum atomic E-state index is -0.0686. The van der Waals surface area contributed by atoms with Crippen molar-refractivity contribution >= 4 is 22.6 Å². The number of ether oxygens (including phenoxy) is 1. The van der Waals surface area contributed by atoms with Crippen LogP contribution in [0.2, 0.25) is 0 Å². The second-order valence-corrected chi connectivity index (χ2v) is 7.19. The molecule has 1 aliphatic rings. The average molecular weight is 376 g/mol. The number of fused-ring (bicyclic) bond motifs is 1. The largest absolute Gasteiger partial charge is 0.379 e. The summed E-state index contributed by atoms with van der Waals surface area (Å²) in [6.45, 7) is 1.96. The fourth-order valence-electron chi connectivity index (χ4n) is 3.47. The van der Waals surface area contributed by atoms with E-state index in [1.807, 2.05) is 55.6 Å². The van der Waals surface area contributed by atoms with E-state index in [0.717, 1.165) is 42.0 Å². The lowest BCUT2D eigenvalue weighted by atomic mass is 10.2. The Hall–Kier alpha value is -2.99. The quantitative estimate of drug-likeness (QED) is 0.685. The number of carbonyl (C=O) groups is 1. The van der Waals surface area contributed by atoms with E-state index in [9.17, 15) is 4.79 Å². The Balaban J connectivity index is 1.44. The minimum Gasteiger partial charge on any atom is -0.379 e. The van der Waals surface area contributed by atoms with Gasteiger partial charge in [0.1, 0.15) is 5.82 Å². The summed E-state index contributed by atoms with van der Waals surface area (Å²) in [5, 5.41) is 1.09. The van der Waals surface area contributed by atoms with Crippen LogP contribution in [0, 0.1) is 0 Å². The standard InChI is InChI=1S/C22H24N4O2/c1-25(14-18-9-7-16-5-3-4-6-20(16)24-18)22(27)17-8-10-21(23-13-17)26(2)19-11-12-28-15-19/h3-10,13,19H,11-12,14-15H2,1-2H3. The summed E-state index contributed by atoms with van der Waals surface area (Å²) in [6, 6.07) is 16.0. The van der Waals surface area contributed by atoms with Gasteiger partial charge in [0.25, 0.3) is 5.91 Å². The van der Waals surface area contributed by atoms with E-state index >= 15 is 0 Å². The van der Waals surface area contributed by atoms with Crippen LogP contribution in [0.3, 0.4) is 0 Å². The third kappa shape index (κ3) is 3.82. The van der Waals surface area contributed by atoms with E-state index in [0.29, 0.717) is 18.2 Å². The number of nitrogens with zero attached hydrogens (tertiary/aromatic N) is 4. The van der Waals surface area contributed by atoms with Crippen LogP contribution in [0.25, 0.3) is 10.9 Å². The molecule has 6 heteroatoms.